The van der Waals surface area contributed by atoms with Crippen LogP contribution < -0.4 is 9.64 Å². The molecule has 6 nitrogen and oxygen atoms in total. The van der Waals surface area contributed by atoms with Gasteiger partial charge < -0.3 is 9.64 Å². The van der Waals surface area contributed by atoms with Gasteiger partial charge >= 0.3 is 0 Å². The molecule has 4 rings (SSSR count). The zero-order valence-electron chi connectivity index (χ0n) is 17.0. The highest BCUT2D eigenvalue weighted by atomic mass is 16.5. The number of rotatable bonds is 3. The van der Waals surface area contributed by atoms with Gasteiger partial charge in [-0.3, -0.25) is 0 Å². The van der Waals surface area contributed by atoms with Gasteiger partial charge in [-0.2, -0.15) is 0 Å². The zero-order valence-corrected chi connectivity index (χ0v) is 17.0. The molecule has 0 unspecified atom stereocenters. The number of fused-ring (bicyclic) bond motifs is 1. The molecule has 3 heterocycles. The van der Waals surface area contributed by atoms with Gasteiger partial charge in [0.25, 0.3) is 0 Å². The molecule has 0 fully saturated rings. The molecular weight excluding hydrogens is 350 g/mol. The van der Waals surface area contributed by atoms with Crippen LogP contribution in [0.25, 0.3) is 11.1 Å². The number of ether oxygens (including phenoxy) is 1. The third-order valence-corrected chi connectivity index (χ3v) is 4.79. The molecule has 0 saturated heterocycles. The van der Waals surface area contributed by atoms with Crippen LogP contribution in [0, 0.1) is 13.8 Å². The smallest absolute Gasteiger partial charge is 0.140 e. The molecule has 0 spiro atoms. The summed E-state index contributed by atoms with van der Waals surface area (Å²) in [6, 6.07) is 6.21. The van der Waals surface area contributed by atoms with Crippen molar-refractivity contribution in [2.24, 2.45) is 0 Å². The molecule has 0 bridgehead atoms. The quantitative estimate of drug-likeness (QED) is 0.682. The highest BCUT2D eigenvalue weighted by Crippen LogP contribution is 2.37. The molecule has 1 aromatic carbocycles. The number of nitrogens with zero attached hydrogens (tertiary/aromatic N) is 5. The fourth-order valence-corrected chi connectivity index (χ4v) is 3.60. The zero-order chi connectivity index (χ0) is 19.9. The Labute approximate surface area is 165 Å². The van der Waals surface area contributed by atoms with Crippen molar-refractivity contribution in [1.29, 1.82) is 0 Å². The van der Waals surface area contributed by atoms with Gasteiger partial charge in [-0.1, -0.05) is 6.07 Å². The van der Waals surface area contributed by atoms with Gasteiger partial charge in [0.2, 0.25) is 0 Å². The fraction of sp³-hybridized carbons (Fsp3) is 0.364. The van der Waals surface area contributed by atoms with Gasteiger partial charge in [0.15, 0.2) is 0 Å². The minimum absolute atomic E-state index is 0.229. The lowest BCUT2D eigenvalue weighted by Gasteiger charge is -2.24. The van der Waals surface area contributed by atoms with E-state index >= 15 is 0 Å². The second-order valence-electron chi connectivity index (χ2n) is 8.20. The number of hydrogen-bond acceptors (Lipinski definition) is 6. The predicted molar refractivity (Wildman–Crippen MR) is 109 cm³/mol. The summed E-state index contributed by atoms with van der Waals surface area (Å²) in [5.41, 5.74) is 6.25. The Kier molecular flexibility index (Phi) is 4.49. The SMILES string of the molecule is Cc1cc(OC(C)(C)C)ccc1-c1c(C)ncnc1N1Cc2cncnc2C1. The first kappa shape index (κ1) is 18.3. The lowest BCUT2D eigenvalue weighted by atomic mass is 9.99. The molecule has 0 radical (unpaired) electrons. The molecule has 1 aliphatic heterocycles. The van der Waals surface area contributed by atoms with Crippen LogP contribution in [-0.4, -0.2) is 25.5 Å². The standard InChI is InChI=1S/C22H25N5O/c1-14-8-17(28-22(3,4)5)6-7-18(14)20-15(2)24-13-26-21(20)27-10-16-9-23-12-25-19(16)11-27/h6-9,12-13H,10-11H2,1-5H3. The molecule has 2 aromatic heterocycles. The molecule has 0 N–H and O–H groups in total. The number of benzene rings is 1. The van der Waals surface area contributed by atoms with Crippen LogP contribution in [0.3, 0.4) is 0 Å². The van der Waals surface area contributed by atoms with E-state index < -0.39 is 0 Å². The van der Waals surface area contributed by atoms with Crippen LogP contribution in [0.2, 0.25) is 0 Å². The van der Waals surface area contributed by atoms with Crippen molar-refractivity contribution in [1.82, 2.24) is 19.9 Å². The van der Waals surface area contributed by atoms with Gasteiger partial charge in [-0.25, -0.2) is 19.9 Å². The second-order valence-corrected chi connectivity index (χ2v) is 8.20. The summed E-state index contributed by atoms with van der Waals surface area (Å²) in [5.74, 6) is 1.80. The van der Waals surface area contributed by atoms with E-state index in [4.69, 9.17) is 4.74 Å². The van der Waals surface area contributed by atoms with Crippen LogP contribution in [0.15, 0.2) is 37.1 Å². The highest BCUT2D eigenvalue weighted by Gasteiger charge is 2.25. The lowest BCUT2D eigenvalue weighted by Crippen LogP contribution is -2.23. The Morgan fingerprint density at radius 3 is 2.54 bits per heavy atom. The van der Waals surface area contributed by atoms with Crippen molar-refractivity contribution in [2.45, 2.75) is 53.3 Å². The maximum atomic E-state index is 6.02. The Morgan fingerprint density at radius 2 is 1.82 bits per heavy atom. The van der Waals surface area contributed by atoms with Crippen LogP contribution in [0.1, 0.15) is 43.3 Å². The molecule has 3 aromatic rings. The van der Waals surface area contributed by atoms with E-state index in [0.717, 1.165) is 58.3 Å². The van der Waals surface area contributed by atoms with Crippen molar-refractivity contribution in [2.75, 3.05) is 4.90 Å². The molecule has 0 aliphatic carbocycles. The van der Waals surface area contributed by atoms with E-state index in [1.807, 2.05) is 19.2 Å². The molecule has 0 amide bonds. The van der Waals surface area contributed by atoms with Crippen molar-refractivity contribution < 1.29 is 4.74 Å². The first-order valence-electron chi connectivity index (χ1n) is 9.46. The third kappa shape index (κ3) is 3.54. The van der Waals surface area contributed by atoms with Crippen LogP contribution in [0.5, 0.6) is 5.75 Å². The van der Waals surface area contributed by atoms with Gasteiger partial charge in [0.05, 0.1) is 17.9 Å². The minimum Gasteiger partial charge on any atom is -0.488 e. The van der Waals surface area contributed by atoms with E-state index in [2.05, 4.69) is 64.7 Å². The first-order valence-corrected chi connectivity index (χ1v) is 9.46. The minimum atomic E-state index is -0.229. The number of aromatic nitrogens is 4. The Bertz CT molecular complexity index is 1000. The summed E-state index contributed by atoms with van der Waals surface area (Å²) in [6.07, 6.45) is 5.13. The highest BCUT2D eigenvalue weighted by molar-refractivity contribution is 5.80. The van der Waals surface area contributed by atoms with Crippen molar-refractivity contribution in [3.8, 4) is 16.9 Å². The van der Waals surface area contributed by atoms with Crippen molar-refractivity contribution in [3.05, 3.63) is 59.6 Å². The molecule has 0 atom stereocenters. The number of hydrogen-bond donors (Lipinski definition) is 0. The van der Waals surface area contributed by atoms with Crippen LogP contribution in [-0.2, 0) is 13.1 Å². The van der Waals surface area contributed by atoms with Crippen molar-refractivity contribution >= 4 is 5.82 Å². The topological polar surface area (TPSA) is 64.0 Å². The Hall–Kier alpha value is -3.02. The Balaban J connectivity index is 1.73. The number of anilines is 1. The average molecular weight is 375 g/mol. The normalized spacial score (nSPS) is 13.5. The fourth-order valence-electron chi connectivity index (χ4n) is 3.60. The number of aryl methyl sites for hydroxylation is 2. The second kappa shape index (κ2) is 6.86. The summed E-state index contributed by atoms with van der Waals surface area (Å²) in [5, 5.41) is 0. The predicted octanol–water partition coefficient (Wildman–Crippen LogP) is 4.25. The molecule has 28 heavy (non-hydrogen) atoms. The Morgan fingerprint density at radius 1 is 1.00 bits per heavy atom. The lowest BCUT2D eigenvalue weighted by molar-refractivity contribution is 0.131. The maximum absolute atomic E-state index is 6.02. The summed E-state index contributed by atoms with van der Waals surface area (Å²) < 4.78 is 6.02. The van der Waals surface area contributed by atoms with E-state index in [0.29, 0.717) is 0 Å². The van der Waals surface area contributed by atoms with Gasteiger partial charge in [0, 0.05) is 23.9 Å². The van der Waals surface area contributed by atoms with E-state index in [-0.39, 0.29) is 5.60 Å². The van der Waals surface area contributed by atoms with E-state index in [1.165, 1.54) is 0 Å². The summed E-state index contributed by atoms with van der Waals surface area (Å²) in [7, 11) is 0. The molecule has 0 saturated carbocycles. The third-order valence-electron chi connectivity index (χ3n) is 4.79. The van der Waals surface area contributed by atoms with Crippen LogP contribution in [0.4, 0.5) is 5.82 Å². The van der Waals surface area contributed by atoms with E-state index in [1.54, 1.807) is 12.7 Å². The molecule has 6 heteroatoms. The maximum Gasteiger partial charge on any atom is 0.140 e. The summed E-state index contributed by atoms with van der Waals surface area (Å²) in [4.78, 5) is 19.9. The molecule has 144 valence electrons. The monoisotopic (exact) mass is 375 g/mol. The molecular formula is C22H25N5O. The van der Waals surface area contributed by atoms with Crippen molar-refractivity contribution in [3.63, 3.8) is 0 Å². The first-order chi connectivity index (χ1) is 13.3. The summed E-state index contributed by atoms with van der Waals surface area (Å²) >= 11 is 0. The van der Waals surface area contributed by atoms with E-state index in [9.17, 15) is 0 Å². The molecule has 1 aliphatic rings. The van der Waals surface area contributed by atoms with Gasteiger partial charge in [-0.15, -0.1) is 0 Å². The van der Waals surface area contributed by atoms with Gasteiger partial charge in [0.1, 0.15) is 29.8 Å². The largest absolute Gasteiger partial charge is 0.488 e. The summed E-state index contributed by atoms with van der Waals surface area (Å²) in [6.45, 7) is 11.8. The average Bonchev–Trinajstić information content (AvgIpc) is 3.05. The van der Waals surface area contributed by atoms with Crippen LogP contribution >= 0.6 is 0 Å². The van der Waals surface area contributed by atoms with Gasteiger partial charge in [-0.05, 0) is 57.9 Å².